The molecule has 3 aromatic rings. The maximum atomic E-state index is 13.1. The van der Waals surface area contributed by atoms with Crippen LogP contribution in [0, 0.1) is 0 Å². The van der Waals surface area contributed by atoms with Crippen LogP contribution in [-0.4, -0.2) is 40.6 Å². The van der Waals surface area contributed by atoms with Crippen LogP contribution in [-0.2, 0) is 21.6 Å². The van der Waals surface area contributed by atoms with E-state index in [1.165, 1.54) is 11.3 Å². The summed E-state index contributed by atoms with van der Waals surface area (Å²) in [6.07, 6.45) is 2.06. The average molecular weight is 494 g/mol. The van der Waals surface area contributed by atoms with Gasteiger partial charge in [-0.1, -0.05) is 41.7 Å². The Bertz CT molecular complexity index is 1220. The molecule has 1 atom stereocenters. The Morgan fingerprint density at radius 1 is 1.17 bits per heavy atom. The molecule has 0 aliphatic carbocycles. The van der Waals surface area contributed by atoms with Crippen LogP contribution in [0.4, 0.5) is 9.93 Å². The number of aromatic nitrogens is 1. The molecule has 184 valence electrons. The smallest absolute Gasteiger partial charge is 0.412 e. The first-order chi connectivity index (χ1) is 16.6. The number of thiazole rings is 1. The van der Waals surface area contributed by atoms with Gasteiger partial charge in [-0.25, -0.2) is 9.78 Å². The zero-order chi connectivity index (χ0) is 25.2. The predicted octanol–water partition coefficient (Wildman–Crippen LogP) is 6.06. The van der Waals surface area contributed by atoms with E-state index in [0.29, 0.717) is 30.3 Å². The van der Waals surface area contributed by atoms with Gasteiger partial charge >= 0.3 is 6.09 Å². The van der Waals surface area contributed by atoms with Crippen LogP contribution in [0.15, 0.2) is 54.7 Å². The van der Waals surface area contributed by atoms with Crippen LogP contribution in [0.5, 0.6) is 0 Å². The van der Waals surface area contributed by atoms with Crippen molar-refractivity contribution in [1.29, 1.82) is 0 Å². The minimum atomic E-state index is -0.963. The zero-order valence-corrected chi connectivity index (χ0v) is 21.6. The molecule has 1 aromatic heterocycles. The number of carbonyl (C=O) groups excluding carboxylic acids is 2. The maximum Gasteiger partial charge on any atom is 0.412 e. The molecule has 1 unspecified atom stereocenters. The largest absolute Gasteiger partial charge is 0.444 e. The fourth-order valence-corrected chi connectivity index (χ4v) is 5.02. The summed E-state index contributed by atoms with van der Waals surface area (Å²) >= 11 is 1.40. The first-order valence-electron chi connectivity index (χ1n) is 11.7. The summed E-state index contributed by atoms with van der Waals surface area (Å²) in [6, 6.07) is 15.2. The molecule has 1 aliphatic rings. The van der Waals surface area contributed by atoms with Crippen LogP contribution in [0.2, 0.25) is 0 Å². The Balaban J connectivity index is 1.62. The molecule has 0 spiro atoms. The molecule has 0 saturated carbocycles. The number of rotatable bonds is 5. The first-order valence-corrected chi connectivity index (χ1v) is 12.5. The van der Waals surface area contributed by atoms with Gasteiger partial charge in [0.1, 0.15) is 5.60 Å². The van der Waals surface area contributed by atoms with Crippen molar-refractivity contribution in [2.75, 3.05) is 18.5 Å². The fourth-order valence-electron chi connectivity index (χ4n) is 4.21. The number of carbonyl (C=O) groups is 2. The number of nitrogens with zero attached hydrogens (tertiary/aromatic N) is 2. The number of hydrogen-bond acceptors (Lipinski definition) is 6. The van der Waals surface area contributed by atoms with E-state index in [1.54, 1.807) is 23.2 Å². The van der Waals surface area contributed by atoms with Crippen molar-refractivity contribution in [2.45, 2.75) is 52.4 Å². The van der Waals surface area contributed by atoms with Gasteiger partial charge in [0.2, 0.25) is 0 Å². The summed E-state index contributed by atoms with van der Waals surface area (Å²) < 4.78 is 11.9. The lowest BCUT2D eigenvalue weighted by molar-refractivity contribution is -0.147. The molecule has 2 heterocycles. The van der Waals surface area contributed by atoms with E-state index in [2.05, 4.69) is 22.4 Å². The molecule has 0 bridgehead atoms. The monoisotopic (exact) mass is 493 g/mol. The van der Waals surface area contributed by atoms with Crippen molar-refractivity contribution in [3.05, 3.63) is 71.4 Å². The third-order valence-electron chi connectivity index (χ3n) is 5.82. The van der Waals surface area contributed by atoms with Crippen molar-refractivity contribution in [3.63, 3.8) is 0 Å². The molecule has 2 amide bonds. The molecule has 0 saturated heterocycles. The average Bonchev–Trinajstić information content (AvgIpc) is 3.27. The van der Waals surface area contributed by atoms with E-state index in [0.717, 1.165) is 21.6 Å². The second-order valence-corrected chi connectivity index (χ2v) is 10.6. The summed E-state index contributed by atoms with van der Waals surface area (Å²) in [5.41, 5.74) is 2.01. The molecule has 1 N–H and O–H groups in total. The minimum Gasteiger partial charge on any atom is -0.444 e. The van der Waals surface area contributed by atoms with E-state index >= 15 is 0 Å². The molecule has 8 heteroatoms. The lowest BCUT2D eigenvalue weighted by Gasteiger charge is -2.45. The Labute approximate surface area is 210 Å². The highest BCUT2D eigenvalue weighted by atomic mass is 32.1. The van der Waals surface area contributed by atoms with Gasteiger partial charge in [-0.3, -0.25) is 15.0 Å². The van der Waals surface area contributed by atoms with Crippen LogP contribution in [0.25, 0.3) is 10.4 Å². The SMILES string of the molecule is CCOC1(C)c2cc(-c3cnc(NC(=O)c4ccccc4)s3)ccc2CCN1C(=O)OC(C)(C)C. The number of nitrogens with one attached hydrogen (secondary N) is 1. The number of fused-ring (bicyclic) bond motifs is 1. The predicted molar refractivity (Wildman–Crippen MR) is 138 cm³/mol. The number of amides is 2. The van der Waals surface area contributed by atoms with Crippen molar-refractivity contribution in [3.8, 4) is 10.4 Å². The lowest BCUT2D eigenvalue weighted by Crippen LogP contribution is -2.54. The number of anilines is 1. The molecule has 4 rings (SSSR count). The van der Waals surface area contributed by atoms with E-state index < -0.39 is 17.4 Å². The van der Waals surface area contributed by atoms with E-state index in [1.807, 2.05) is 58.9 Å². The second kappa shape index (κ2) is 9.79. The Morgan fingerprint density at radius 3 is 2.60 bits per heavy atom. The lowest BCUT2D eigenvalue weighted by atomic mass is 9.89. The molecule has 35 heavy (non-hydrogen) atoms. The number of hydrogen-bond donors (Lipinski definition) is 1. The highest BCUT2D eigenvalue weighted by molar-refractivity contribution is 7.19. The van der Waals surface area contributed by atoms with Crippen LogP contribution in [0.3, 0.4) is 0 Å². The van der Waals surface area contributed by atoms with E-state index in [9.17, 15) is 9.59 Å². The van der Waals surface area contributed by atoms with Gasteiger partial charge in [0.05, 0.1) is 4.88 Å². The number of benzene rings is 2. The summed E-state index contributed by atoms with van der Waals surface area (Å²) in [7, 11) is 0. The molecule has 2 aromatic carbocycles. The third-order valence-corrected chi connectivity index (χ3v) is 6.78. The maximum absolute atomic E-state index is 13.1. The fraction of sp³-hybridized carbons (Fsp3) is 0.370. The van der Waals surface area contributed by atoms with Crippen molar-refractivity contribution in [2.24, 2.45) is 0 Å². The molecule has 7 nitrogen and oxygen atoms in total. The van der Waals surface area contributed by atoms with E-state index in [4.69, 9.17) is 9.47 Å². The van der Waals surface area contributed by atoms with Gasteiger partial charge in [-0.2, -0.15) is 0 Å². The topological polar surface area (TPSA) is 80.8 Å². The number of ether oxygens (including phenoxy) is 2. The minimum absolute atomic E-state index is 0.200. The summed E-state index contributed by atoms with van der Waals surface area (Å²) in [5, 5.41) is 3.39. The zero-order valence-electron chi connectivity index (χ0n) is 20.8. The van der Waals surface area contributed by atoms with Gasteiger partial charge in [-0.15, -0.1) is 0 Å². The summed E-state index contributed by atoms with van der Waals surface area (Å²) in [6.45, 7) is 10.4. The summed E-state index contributed by atoms with van der Waals surface area (Å²) in [5.74, 6) is -0.200. The van der Waals surface area contributed by atoms with Crippen LogP contribution < -0.4 is 5.32 Å². The summed E-state index contributed by atoms with van der Waals surface area (Å²) in [4.78, 5) is 32.5. The second-order valence-electron chi connectivity index (χ2n) is 9.52. The van der Waals surface area contributed by atoms with Gasteiger partial charge in [0.25, 0.3) is 5.91 Å². The standard InChI is InChI=1S/C27H31N3O4S/c1-6-33-27(5)21-16-20(13-12-18(21)14-15-30(27)25(32)34-26(2,3)4)22-17-28-24(35-22)29-23(31)19-10-8-7-9-11-19/h7-13,16-17H,6,14-15H2,1-5H3,(H,28,29,31). The molecular formula is C27H31N3O4S. The Hall–Kier alpha value is -3.23. The van der Waals surface area contributed by atoms with Crippen molar-refractivity contribution in [1.82, 2.24) is 9.88 Å². The Morgan fingerprint density at radius 2 is 1.91 bits per heavy atom. The van der Waals surface area contributed by atoms with Gasteiger partial charge in [-0.05, 0) is 70.4 Å². The normalized spacial score (nSPS) is 17.6. The van der Waals surface area contributed by atoms with Crippen LogP contribution in [0.1, 0.15) is 56.1 Å². The highest BCUT2D eigenvalue weighted by Crippen LogP contribution is 2.40. The van der Waals surface area contributed by atoms with Crippen LogP contribution >= 0.6 is 11.3 Å². The molecule has 1 aliphatic heterocycles. The third kappa shape index (κ3) is 5.39. The van der Waals surface area contributed by atoms with Crippen molar-refractivity contribution < 1.29 is 19.1 Å². The van der Waals surface area contributed by atoms with Crippen molar-refractivity contribution >= 4 is 28.5 Å². The first kappa shape index (κ1) is 24.9. The molecule has 0 fully saturated rings. The van der Waals surface area contributed by atoms with Gasteiger partial charge < -0.3 is 9.47 Å². The Kier molecular flexibility index (Phi) is 6.96. The quantitative estimate of drug-likeness (QED) is 0.467. The molecular weight excluding hydrogens is 462 g/mol. The van der Waals surface area contributed by atoms with E-state index in [-0.39, 0.29) is 5.91 Å². The van der Waals surface area contributed by atoms with Gasteiger partial charge in [0.15, 0.2) is 10.9 Å². The molecule has 0 radical (unpaired) electrons. The highest BCUT2D eigenvalue weighted by Gasteiger charge is 2.44. The van der Waals surface area contributed by atoms with Gasteiger partial charge in [0, 0.05) is 30.5 Å².